The number of nitriles is 1. The number of nitrogens with one attached hydrogen (secondary N) is 1. The maximum atomic E-state index is 12.7. The number of carbonyl (C=O) groups is 1. The van der Waals surface area contributed by atoms with Crippen molar-refractivity contribution < 1.29 is 18.0 Å². The van der Waals surface area contributed by atoms with Gasteiger partial charge in [-0.1, -0.05) is 23.7 Å². The molecular formula is C14H10ClF3N4O. The van der Waals surface area contributed by atoms with Gasteiger partial charge in [0, 0.05) is 0 Å². The molecule has 23 heavy (non-hydrogen) atoms. The van der Waals surface area contributed by atoms with Gasteiger partial charge in [-0.25, -0.2) is 0 Å². The molecule has 0 aliphatic rings. The van der Waals surface area contributed by atoms with E-state index >= 15 is 0 Å². The second-order valence-electron chi connectivity index (χ2n) is 4.61. The van der Waals surface area contributed by atoms with Gasteiger partial charge in [0.05, 0.1) is 22.0 Å². The van der Waals surface area contributed by atoms with Crippen molar-refractivity contribution in [3.05, 3.63) is 46.2 Å². The van der Waals surface area contributed by atoms with Crippen LogP contribution in [0.1, 0.15) is 17.0 Å². The van der Waals surface area contributed by atoms with E-state index in [1.54, 1.807) is 12.1 Å². The highest BCUT2D eigenvalue weighted by atomic mass is 35.5. The number of carbonyl (C=O) groups excluding carboxylic acids is 1. The van der Waals surface area contributed by atoms with Crippen LogP contribution >= 0.6 is 11.6 Å². The minimum absolute atomic E-state index is 0.0303. The van der Waals surface area contributed by atoms with E-state index in [1.165, 1.54) is 19.1 Å². The van der Waals surface area contributed by atoms with Gasteiger partial charge in [-0.2, -0.15) is 23.5 Å². The van der Waals surface area contributed by atoms with Crippen molar-refractivity contribution in [1.82, 2.24) is 9.78 Å². The van der Waals surface area contributed by atoms with E-state index in [9.17, 15) is 18.0 Å². The first kappa shape index (κ1) is 16.8. The molecule has 5 nitrogen and oxygen atoms in total. The Morgan fingerprint density at radius 3 is 2.65 bits per heavy atom. The van der Waals surface area contributed by atoms with Gasteiger partial charge in [-0.3, -0.25) is 9.48 Å². The van der Waals surface area contributed by atoms with E-state index in [2.05, 4.69) is 10.4 Å². The number of hydrogen-bond donors (Lipinski definition) is 1. The van der Waals surface area contributed by atoms with Crippen molar-refractivity contribution >= 4 is 23.2 Å². The number of aromatic nitrogens is 2. The van der Waals surface area contributed by atoms with Crippen LogP contribution in [0.4, 0.5) is 18.9 Å². The topological polar surface area (TPSA) is 70.7 Å². The van der Waals surface area contributed by atoms with Crippen LogP contribution < -0.4 is 5.32 Å². The molecule has 0 unspecified atom stereocenters. The number of anilines is 1. The van der Waals surface area contributed by atoms with Crippen LogP contribution in [-0.4, -0.2) is 15.7 Å². The van der Waals surface area contributed by atoms with E-state index < -0.39 is 29.3 Å². The molecule has 120 valence electrons. The molecule has 1 N–H and O–H groups in total. The average Bonchev–Trinajstić information content (AvgIpc) is 2.76. The molecule has 0 saturated carbocycles. The quantitative estimate of drug-likeness (QED) is 0.929. The Hall–Kier alpha value is -2.53. The Bertz CT molecular complexity index is 792. The van der Waals surface area contributed by atoms with Gasteiger partial charge >= 0.3 is 6.18 Å². The van der Waals surface area contributed by atoms with Gasteiger partial charge in [0.15, 0.2) is 5.69 Å². The lowest BCUT2D eigenvalue weighted by Crippen LogP contribution is -2.21. The lowest BCUT2D eigenvalue weighted by atomic mass is 10.2. The summed E-state index contributed by atoms with van der Waals surface area (Å²) in [4.78, 5) is 12.0. The minimum Gasteiger partial charge on any atom is -0.323 e. The first-order valence-corrected chi connectivity index (χ1v) is 6.71. The zero-order valence-corrected chi connectivity index (χ0v) is 12.5. The molecule has 0 atom stereocenters. The van der Waals surface area contributed by atoms with E-state index in [0.29, 0.717) is 0 Å². The highest BCUT2D eigenvalue weighted by Crippen LogP contribution is 2.35. The van der Waals surface area contributed by atoms with Gasteiger partial charge in [0.1, 0.15) is 12.6 Å². The van der Waals surface area contributed by atoms with E-state index in [1.807, 2.05) is 6.07 Å². The number of nitrogens with zero attached hydrogens (tertiary/aromatic N) is 3. The maximum absolute atomic E-state index is 12.7. The lowest BCUT2D eigenvalue weighted by Gasteiger charge is -2.08. The summed E-state index contributed by atoms with van der Waals surface area (Å²) in [7, 11) is 0. The Morgan fingerprint density at radius 1 is 1.43 bits per heavy atom. The average molecular weight is 343 g/mol. The summed E-state index contributed by atoms with van der Waals surface area (Å²) in [6.07, 6.45) is -4.70. The maximum Gasteiger partial charge on any atom is 0.436 e. The first-order chi connectivity index (χ1) is 10.7. The molecule has 0 aliphatic carbocycles. The first-order valence-electron chi connectivity index (χ1n) is 6.33. The summed E-state index contributed by atoms with van der Waals surface area (Å²) in [6, 6.07) is 8.17. The van der Waals surface area contributed by atoms with Crippen LogP contribution in [0.5, 0.6) is 0 Å². The van der Waals surface area contributed by atoms with Crippen molar-refractivity contribution in [2.24, 2.45) is 0 Å². The van der Waals surface area contributed by atoms with Crippen LogP contribution in [0.15, 0.2) is 24.3 Å². The predicted molar refractivity (Wildman–Crippen MR) is 76.8 cm³/mol. The van der Waals surface area contributed by atoms with Gasteiger partial charge in [0.25, 0.3) is 0 Å². The van der Waals surface area contributed by atoms with Gasteiger partial charge < -0.3 is 5.32 Å². The third-order valence-electron chi connectivity index (χ3n) is 3.02. The molecule has 9 heteroatoms. The lowest BCUT2D eigenvalue weighted by molar-refractivity contribution is -0.141. The van der Waals surface area contributed by atoms with Gasteiger partial charge in [0.2, 0.25) is 5.91 Å². The highest BCUT2D eigenvalue weighted by Gasteiger charge is 2.38. The fourth-order valence-corrected chi connectivity index (χ4v) is 2.12. The number of halogens is 4. The standard InChI is InChI=1S/C14H10ClF3N4O/c1-8-12(15)13(14(16,17)18)21-22(8)7-11(23)20-10-5-3-2-4-9(10)6-19/h2-5H,7H2,1H3,(H,20,23). The molecule has 0 aliphatic heterocycles. The summed E-state index contributed by atoms with van der Waals surface area (Å²) < 4.78 is 39.1. The molecule has 1 amide bonds. The normalized spacial score (nSPS) is 11.1. The SMILES string of the molecule is Cc1c(Cl)c(C(F)(F)F)nn1CC(=O)Nc1ccccc1C#N. The van der Waals surface area contributed by atoms with Crippen LogP contribution in [0, 0.1) is 18.3 Å². The predicted octanol–water partition coefficient (Wildman–Crippen LogP) is 3.37. The summed E-state index contributed by atoms with van der Waals surface area (Å²) in [5.41, 5.74) is -0.691. The number of rotatable bonds is 3. The Labute approximate surface area is 134 Å². The summed E-state index contributed by atoms with van der Waals surface area (Å²) >= 11 is 5.61. The Kier molecular flexibility index (Phi) is 4.61. The van der Waals surface area contributed by atoms with Gasteiger partial charge in [-0.05, 0) is 19.1 Å². The highest BCUT2D eigenvalue weighted by molar-refractivity contribution is 6.32. The van der Waals surface area contributed by atoms with Crippen molar-refractivity contribution in [3.63, 3.8) is 0 Å². The number of amides is 1. The van der Waals surface area contributed by atoms with E-state index in [0.717, 1.165) is 4.68 Å². The molecule has 0 bridgehead atoms. The van der Waals surface area contributed by atoms with Crippen molar-refractivity contribution in [3.8, 4) is 6.07 Å². The number of alkyl halides is 3. The number of para-hydroxylation sites is 1. The van der Waals surface area contributed by atoms with Crippen LogP contribution in [0.25, 0.3) is 0 Å². The molecule has 2 aromatic rings. The molecule has 0 fully saturated rings. The fraction of sp³-hybridized carbons (Fsp3) is 0.214. The van der Waals surface area contributed by atoms with Crippen LogP contribution in [0.2, 0.25) is 5.02 Å². The van der Waals surface area contributed by atoms with Crippen LogP contribution in [-0.2, 0) is 17.5 Å². The second kappa shape index (κ2) is 6.30. The zero-order valence-electron chi connectivity index (χ0n) is 11.8. The third-order valence-corrected chi connectivity index (χ3v) is 3.47. The van der Waals surface area contributed by atoms with E-state index in [4.69, 9.17) is 16.9 Å². The summed E-state index contributed by atoms with van der Waals surface area (Å²) in [5, 5.41) is 14.2. The molecule has 0 saturated heterocycles. The number of hydrogen-bond acceptors (Lipinski definition) is 3. The largest absolute Gasteiger partial charge is 0.436 e. The summed E-state index contributed by atoms with van der Waals surface area (Å²) in [5.74, 6) is -0.622. The molecule has 1 aromatic carbocycles. The Morgan fingerprint density at radius 2 is 2.09 bits per heavy atom. The molecule has 1 aromatic heterocycles. The molecule has 1 heterocycles. The van der Waals surface area contributed by atoms with E-state index in [-0.39, 0.29) is 16.9 Å². The van der Waals surface area contributed by atoms with Crippen molar-refractivity contribution in [2.75, 3.05) is 5.32 Å². The number of benzene rings is 1. The fourth-order valence-electron chi connectivity index (χ4n) is 1.87. The van der Waals surface area contributed by atoms with Crippen LogP contribution in [0.3, 0.4) is 0 Å². The monoisotopic (exact) mass is 342 g/mol. The smallest absolute Gasteiger partial charge is 0.323 e. The third kappa shape index (κ3) is 3.63. The minimum atomic E-state index is -4.70. The molecule has 0 radical (unpaired) electrons. The van der Waals surface area contributed by atoms with Gasteiger partial charge in [-0.15, -0.1) is 0 Å². The molecular weight excluding hydrogens is 333 g/mol. The molecule has 0 spiro atoms. The summed E-state index contributed by atoms with van der Waals surface area (Å²) in [6.45, 7) is 0.877. The molecule has 2 rings (SSSR count). The Balaban J connectivity index is 2.20. The van der Waals surface area contributed by atoms with Crippen molar-refractivity contribution in [1.29, 1.82) is 5.26 Å². The second-order valence-corrected chi connectivity index (χ2v) is 4.99. The zero-order chi connectivity index (χ0) is 17.2. The van der Waals surface area contributed by atoms with Crippen molar-refractivity contribution in [2.45, 2.75) is 19.6 Å².